The molecule has 0 saturated carbocycles. The van der Waals surface area contributed by atoms with E-state index >= 15 is 0 Å². The maximum absolute atomic E-state index is 13.7. The zero-order chi connectivity index (χ0) is 17.0. The smallest absolute Gasteiger partial charge is 0.343 e. The molecule has 0 fully saturated rings. The second kappa shape index (κ2) is 6.86. The number of rotatable bonds is 4. The Labute approximate surface area is 141 Å². The molecule has 0 spiro atoms. The molecule has 3 aromatic carbocycles. The lowest BCUT2D eigenvalue weighted by Gasteiger charge is -2.19. The monoisotopic (exact) mass is 336 g/mol. The van der Waals surface area contributed by atoms with Crippen LogP contribution in [0.2, 0.25) is 0 Å². The lowest BCUT2D eigenvalue weighted by Crippen LogP contribution is -2.21. The summed E-state index contributed by atoms with van der Waals surface area (Å²) in [6.07, 6.45) is 0. The highest BCUT2D eigenvalue weighted by Crippen LogP contribution is 2.45. The summed E-state index contributed by atoms with van der Waals surface area (Å²) in [5.41, 5.74) is 1.21. The molecule has 0 unspecified atom stereocenters. The molecule has 3 rings (SSSR count). The second-order valence-corrected chi connectivity index (χ2v) is 7.73. The minimum atomic E-state index is -3.52. The fraction of sp³-hybridized carbons (Fsp3) is 0.0500. The van der Waals surface area contributed by atoms with E-state index in [0.717, 1.165) is 5.56 Å². The van der Waals surface area contributed by atoms with Crippen molar-refractivity contribution in [2.24, 2.45) is 0 Å². The Balaban J connectivity index is 2.06. The number of carbonyl (C=O) groups is 1. The summed E-state index contributed by atoms with van der Waals surface area (Å²) in [6.45, 7) is 1.83. The van der Waals surface area contributed by atoms with Crippen molar-refractivity contribution in [1.82, 2.24) is 0 Å². The van der Waals surface area contributed by atoms with Crippen molar-refractivity contribution in [2.45, 2.75) is 6.92 Å². The van der Waals surface area contributed by atoms with Gasteiger partial charge in [0.1, 0.15) is 0 Å². The average molecular weight is 336 g/mol. The van der Waals surface area contributed by atoms with Gasteiger partial charge in [0, 0.05) is 0 Å². The van der Waals surface area contributed by atoms with E-state index in [-0.39, 0.29) is 0 Å². The van der Waals surface area contributed by atoms with Crippen LogP contribution in [-0.4, -0.2) is 5.97 Å². The summed E-state index contributed by atoms with van der Waals surface area (Å²) in [4.78, 5) is 12.6. The number of hydrogen-bond donors (Lipinski definition) is 0. The first-order valence-corrected chi connectivity index (χ1v) is 9.24. The van der Waals surface area contributed by atoms with E-state index in [1.807, 2.05) is 31.2 Å². The minimum absolute atomic E-state index is 0.421. The Morgan fingerprint density at radius 1 is 0.750 bits per heavy atom. The van der Waals surface area contributed by atoms with Gasteiger partial charge in [0.2, 0.25) is 0 Å². The molecule has 0 aliphatic heterocycles. The van der Waals surface area contributed by atoms with Crippen LogP contribution in [-0.2, 0) is 9.09 Å². The van der Waals surface area contributed by atoms with Gasteiger partial charge in [-0.05, 0) is 42.8 Å². The number of carbonyl (C=O) groups excluding carboxylic acids is 1. The van der Waals surface area contributed by atoms with Crippen molar-refractivity contribution >= 4 is 23.9 Å². The molecule has 4 heteroatoms. The van der Waals surface area contributed by atoms with Crippen molar-refractivity contribution in [1.29, 1.82) is 0 Å². The molecular weight excluding hydrogens is 319 g/mol. The van der Waals surface area contributed by atoms with Crippen molar-refractivity contribution < 1.29 is 13.9 Å². The maximum Gasteiger partial charge on any atom is 0.343 e. The van der Waals surface area contributed by atoms with Crippen LogP contribution in [0.15, 0.2) is 84.9 Å². The van der Waals surface area contributed by atoms with Crippen molar-refractivity contribution in [2.75, 3.05) is 0 Å². The van der Waals surface area contributed by atoms with E-state index in [4.69, 9.17) is 4.52 Å². The van der Waals surface area contributed by atoms with E-state index < -0.39 is 13.3 Å². The summed E-state index contributed by atoms with van der Waals surface area (Å²) in [7, 11) is -3.52. The van der Waals surface area contributed by atoms with Crippen molar-refractivity contribution in [3.05, 3.63) is 96.1 Å². The molecule has 0 saturated heterocycles. The van der Waals surface area contributed by atoms with Gasteiger partial charge in [0.25, 0.3) is 0 Å². The number of aryl methyl sites for hydroxylation is 1. The molecule has 0 radical (unpaired) electrons. The van der Waals surface area contributed by atoms with Gasteiger partial charge in [-0.15, -0.1) is 0 Å². The topological polar surface area (TPSA) is 43.4 Å². The van der Waals surface area contributed by atoms with Crippen LogP contribution in [0.1, 0.15) is 15.9 Å². The molecule has 3 nitrogen and oxygen atoms in total. The van der Waals surface area contributed by atoms with Crippen LogP contribution >= 0.6 is 7.37 Å². The quantitative estimate of drug-likeness (QED) is 0.674. The highest BCUT2D eigenvalue weighted by molar-refractivity contribution is 7.74. The normalized spacial score (nSPS) is 11.0. The van der Waals surface area contributed by atoms with E-state index in [1.165, 1.54) is 0 Å². The molecule has 0 atom stereocenters. The van der Waals surface area contributed by atoms with Crippen LogP contribution in [0.25, 0.3) is 0 Å². The summed E-state index contributed by atoms with van der Waals surface area (Å²) in [5.74, 6) is -0.580. The van der Waals surface area contributed by atoms with Gasteiger partial charge < -0.3 is 4.52 Å². The maximum atomic E-state index is 13.7. The van der Waals surface area contributed by atoms with Gasteiger partial charge in [-0.1, -0.05) is 54.6 Å². The standard InChI is InChI=1S/C20H17O3P/c1-16-10-8-9-15-19(16)20(21)23-24(22,17-11-4-2-5-12-17)18-13-6-3-7-14-18/h2-15H,1H3. The zero-order valence-electron chi connectivity index (χ0n) is 13.3. The molecule has 0 heterocycles. The van der Waals surface area contributed by atoms with Crippen LogP contribution in [0, 0.1) is 6.92 Å². The lowest BCUT2D eigenvalue weighted by atomic mass is 10.1. The first-order valence-electron chi connectivity index (χ1n) is 7.62. The minimum Gasteiger partial charge on any atom is -0.401 e. The van der Waals surface area contributed by atoms with Gasteiger partial charge >= 0.3 is 13.3 Å². The Bertz CT molecular complexity index is 846. The van der Waals surface area contributed by atoms with Crippen LogP contribution in [0.3, 0.4) is 0 Å². The van der Waals surface area contributed by atoms with Crippen LogP contribution < -0.4 is 10.6 Å². The second-order valence-electron chi connectivity index (χ2n) is 5.42. The Morgan fingerprint density at radius 2 is 1.21 bits per heavy atom. The van der Waals surface area contributed by atoms with Crippen molar-refractivity contribution in [3.63, 3.8) is 0 Å². The molecule has 0 N–H and O–H groups in total. The van der Waals surface area contributed by atoms with Crippen molar-refractivity contribution in [3.8, 4) is 0 Å². The molecule has 0 bridgehead atoms. The fourth-order valence-corrected chi connectivity index (χ4v) is 4.44. The van der Waals surface area contributed by atoms with Crippen LogP contribution in [0.5, 0.6) is 0 Å². The van der Waals surface area contributed by atoms with Gasteiger partial charge in [-0.2, -0.15) is 0 Å². The highest BCUT2D eigenvalue weighted by Gasteiger charge is 2.32. The number of benzene rings is 3. The Hall–Kier alpha value is -2.64. The zero-order valence-corrected chi connectivity index (χ0v) is 14.1. The fourth-order valence-electron chi connectivity index (χ4n) is 2.47. The molecule has 0 aromatic heterocycles. The molecule has 3 aromatic rings. The Morgan fingerprint density at radius 3 is 1.71 bits per heavy atom. The predicted octanol–water partition coefficient (Wildman–Crippen LogP) is 4.08. The lowest BCUT2D eigenvalue weighted by molar-refractivity contribution is 0.0746. The van der Waals surface area contributed by atoms with Gasteiger partial charge in [0.15, 0.2) is 0 Å². The molecular formula is C20H17O3P. The van der Waals surface area contributed by atoms with E-state index in [2.05, 4.69) is 0 Å². The summed E-state index contributed by atoms with van der Waals surface area (Å²) >= 11 is 0. The first kappa shape index (κ1) is 16.2. The summed E-state index contributed by atoms with van der Waals surface area (Å²) < 4.78 is 19.3. The molecule has 0 aliphatic rings. The third-order valence-electron chi connectivity index (χ3n) is 3.77. The van der Waals surface area contributed by atoms with Gasteiger partial charge in [-0.3, -0.25) is 4.57 Å². The molecule has 0 aliphatic carbocycles. The van der Waals surface area contributed by atoms with E-state index in [9.17, 15) is 9.36 Å². The highest BCUT2D eigenvalue weighted by atomic mass is 31.2. The summed E-state index contributed by atoms with van der Waals surface area (Å²) in [6, 6.07) is 24.8. The Kier molecular flexibility index (Phi) is 4.64. The van der Waals surface area contributed by atoms with E-state index in [0.29, 0.717) is 16.2 Å². The van der Waals surface area contributed by atoms with Gasteiger partial charge in [-0.25, -0.2) is 4.79 Å². The molecule has 0 amide bonds. The third-order valence-corrected chi connectivity index (χ3v) is 6.15. The third kappa shape index (κ3) is 3.17. The first-order chi connectivity index (χ1) is 11.6. The van der Waals surface area contributed by atoms with Crippen LogP contribution in [0.4, 0.5) is 0 Å². The van der Waals surface area contributed by atoms with Gasteiger partial charge in [0.05, 0.1) is 16.2 Å². The largest absolute Gasteiger partial charge is 0.401 e. The van der Waals surface area contributed by atoms with E-state index in [1.54, 1.807) is 60.7 Å². The molecule has 24 heavy (non-hydrogen) atoms. The number of hydrogen-bond acceptors (Lipinski definition) is 3. The SMILES string of the molecule is Cc1ccccc1C(=O)OP(=O)(c1ccccc1)c1ccccc1. The average Bonchev–Trinajstić information content (AvgIpc) is 2.63. The summed E-state index contributed by atoms with van der Waals surface area (Å²) in [5, 5.41) is 0.997. The predicted molar refractivity (Wildman–Crippen MR) is 96.4 cm³/mol. The molecule has 120 valence electrons.